The van der Waals surface area contributed by atoms with Crippen molar-refractivity contribution in [2.45, 2.75) is 44.2 Å². The number of benzene rings is 2. The lowest BCUT2D eigenvalue weighted by Gasteiger charge is -2.22. The number of phenols is 1. The van der Waals surface area contributed by atoms with Gasteiger partial charge < -0.3 is 33.9 Å². The molecule has 2 aromatic carbocycles. The van der Waals surface area contributed by atoms with E-state index < -0.39 is 23.4 Å². The molecule has 8 heteroatoms. The molecule has 0 spiro atoms. The molecule has 1 aromatic heterocycles. The molecule has 0 unspecified atom stereocenters. The van der Waals surface area contributed by atoms with Gasteiger partial charge in [0.15, 0.2) is 0 Å². The molecular weight excluding hydrogens is 404 g/mol. The fourth-order valence-electron chi connectivity index (χ4n) is 4.39. The molecule has 3 aromatic rings. The molecule has 0 fully saturated rings. The summed E-state index contributed by atoms with van der Waals surface area (Å²) in [6.07, 6.45) is 1.73. The zero-order chi connectivity index (χ0) is 22.1. The maximum atomic E-state index is 13.5. The fourth-order valence-corrected chi connectivity index (χ4v) is 4.39. The summed E-state index contributed by atoms with van der Waals surface area (Å²) < 4.78 is 22.9. The maximum absolute atomic E-state index is 13.5. The molecule has 3 atom stereocenters. The number of fused-ring (bicyclic) bond motifs is 5. The second-order valence-electron chi connectivity index (χ2n) is 8.51. The molecule has 0 saturated heterocycles. The Kier molecular flexibility index (Phi) is 4.22. The number of aliphatic hydroxyl groups is 2. The van der Waals surface area contributed by atoms with E-state index in [1.807, 2.05) is 6.08 Å². The number of phenolic OH excluding ortho intramolecular Hbond substituents is 1. The quantitative estimate of drug-likeness (QED) is 0.544. The van der Waals surface area contributed by atoms with Crippen LogP contribution in [0.25, 0.3) is 21.9 Å². The van der Waals surface area contributed by atoms with Gasteiger partial charge in [0.1, 0.15) is 39.2 Å². The molecule has 31 heavy (non-hydrogen) atoms. The van der Waals surface area contributed by atoms with Gasteiger partial charge in [-0.15, -0.1) is 0 Å². The minimum absolute atomic E-state index is 0.0122. The summed E-state index contributed by atoms with van der Waals surface area (Å²) >= 11 is 0. The molecule has 2 aliphatic rings. The van der Waals surface area contributed by atoms with Gasteiger partial charge in [-0.25, -0.2) is 0 Å². The first kappa shape index (κ1) is 19.7. The van der Waals surface area contributed by atoms with Gasteiger partial charge in [0.2, 0.25) is 5.43 Å². The molecule has 0 radical (unpaired) electrons. The Balaban J connectivity index is 1.82. The summed E-state index contributed by atoms with van der Waals surface area (Å²) in [5, 5.41) is 31.4. The molecule has 0 bridgehead atoms. The number of hydrogen-bond donors (Lipinski definition) is 3. The van der Waals surface area contributed by atoms with E-state index in [-0.39, 0.29) is 45.6 Å². The molecule has 0 saturated carbocycles. The van der Waals surface area contributed by atoms with Crippen LogP contribution in [0.1, 0.15) is 43.4 Å². The topological polar surface area (TPSA) is 119 Å². The van der Waals surface area contributed by atoms with Crippen molar-refractivity contribution in [1.29, 1.82) is 0 Å². The molecule has 5 rings (SSSR count). The Morgan fingerprint density at radius 1 is 1.26 bits per heavy atom. The van der Waals surface area contributed by atoms with Crippen LogP contribution in [0.4, 0.5) is 0 Å². The van der Waals surface area contributed by atoms with E-state index in [0.29, 0.717) is 17.1 Å². The van der Waals surface area contributed by atoms with Gasteiger partial charge in [-0.3, -0.25) is 4.79 Å². The van der Waals surface area contributed by atoms with Gasteiger partial charge in [-0.1, -0.05) is 0 Å². The van der Waals surface area contributed by atoms with Crippen molar-refractivity contribution in [2.75, 3.05) is 7.11 Å². The van der Waals surface area contributed by atoms with Crippen LogP contribution < -0.4 is 14.9 Å². The highest BCUT2D eigenvalue weighted by Gasteiger charge is 2.41. The van der Waals surface area contributed by atoms with Crippen LogP contribution in [0.2, 0.25) is 0 Å². The maximum Gasteiger partial charge on any atom is 0.250 e. The first-order chi connectivity index (χ1) is 14.7. The summed E-state index contributed by atoms with van der Waals surface area (Å²) in [7, 11) is 1.45. The van der Waals surface area contributed by atoms with Crippen molar-refractivity contribution < 1.29 is 33.9 Å². The van der Waals surface area contributed by atoms with Gasteiger partial charge in [-0.2, -0.15) is 0 Å². The van der Waals surface area contributed by atoms with E-state index in [1.165, 1.54) is 19.2 Å². The van der Waals surface area contributed by atoms with Crippen LogP contribution in [0.3, 0.4) is 0 Å². The summed E-state index contributed by atoms with van der Waals surface area (Å²) in [6, 6.07) is 4.41. The third kappa shape index (κ3) is 2.94. The zero-order valence-electron chi connectivity index (χ0n) is 17.2. The predicted molar refractivity (Wildman–Crippen MR) is 111 cm³/mol. The van der Waals surface area contributed by atoms with Crippen LogP contribution in [-0.2, 0) is 4.74 Å². The Bertz CT molecular complexity index is 1300. The van der Waals surface area contributed by atoms with Crippen LogP contribution in [0, 0.1) is 0 Å². The van der Waals surface area contributed by atoms with Crippen molar-refractivity contribution in [3.05, 3.63) is 51.9 Å². The highest BCUT2D eigenvalue weighted by molar-refractivity contribution is 5.98. The molecular formula is C23H22O8. The molecule has 0 aliphatic carbocycles. The minimum atomic E-state index is -1.15. The lowest BCUT2D eigenvalue weighted by atomic mass is 9.93. The monoisotopic (exact) mass is 426 g/mol. The number of ether oxygens (including phenoxy) is 3. The fraction of sp³-hybridized carbons (Fsp3) is 0.348. The third-order valence-corrected chi connectivity index (χ3v) is 5.70. The summed E-state index contributed by atoms with van der Waals surface area (Å²) in [5.74, 6) is 0.279. The van der Waals surface area contributed by atoms with E-state index in [9.17, 15) is 20.1 Å². The second kappa shape index (κ2) is 6.63. The number of hydrogen-bond acceptors (Lipinski definition) is 8. The Hall–Kier alpha value is -3.23. The van der Waals surface area contributed by atoms with Crippen LogP contribution in [0.15, 0.2) is 39.7 Å². The highest BCUT2D eigenvalue weighted by Crippen LogP contribution is 2.50. The molecule has 8 nitrogen and oxygen atoms in total. The minimum Gasteiger partial charge on any atom is -0.507 e. The Morgan fingerprint density at radius 2 is 2.03 bits per heavy atom. The van der Waals surface area contributed by atoms with Crippen molar-refractivity contribution in [2.24, 2.45) is 0 Å². The normalized spacial score (nSPS) is 20.4. The van der Waals surface area contributed by atoms with Gasteiger partial charge in [0.05, 0.1) is 36.6 Å². The van der Waals surface area contributed by atoms with Crippen LogP contribution >= 0.6 is 0 Å². The van der Waals surface area contributed by atoms with Gasteiger partial charge >= 0.3 is 0 Å². The summed E-state index contributed by atoms with van der Waals surface area (Å²) in [4.78, 5) is 13.5. The summed E-state index contributed by atoms with van der Waals surface area (Å²) in [5.41, 5.74) is -0.429. The first-order valence-corrected chi connectivity index (χ1v) is 9.92. The van der Waals surface area contributed by atoms with Crippen molar-refractivity contribution in [3.8, 4) is 17.2 Å². The van der Waals surface area contributed by atoms with Gasteiger partial charge in [-0.05, 0) is 32.1 Å². The standard InChI is InChI=1S/C23H22O8/c1-23(2,27)9-13(25)10-4-5-12(24)17-19(26)18-15(30-20(10)17)8-14-16(21(18)28-3)11-6-7-29-22(11)31-14/h4-8,11,13,22,24-25,27H,9H2,1-3H3/t11-,13+,22-/m0/s1. The zero-order valence-corrected chi connectivity index (χ0v) is 17.2. The molecule has 3 heterocycles. The van der Waals surface area contributed by atoms with Gasteiger partial charge in [0, 0.05) is 18.1 Å². The summed E-state index contributed by atoms with van der Waals surface area (Å²) in [6.45, 7) is 3.15. The van der Waals surface area contributed by atoms with Gasteiger partial charge in [0.25, 0.3) is 6.29 Å². The Labute approximate surface area is 176 Å². The molecule has 3 N–H and O–H groups in total. The van der Waals surface area contributed by atoms with E-state index >= 15 is 0 Å². The van der Waals surface area contributed by atoms with E-state index in [1.54, 1.807) is 26.2 Å². The average Bonchev–Trinajstić information content (AvgIpc) is 3.26. The first-order valence-electron chi connectivity index (χ1n) is 9.92. The van der Waals surface area contributed by atoms with Crippen LogP contribution in [-0.4, -0.2) is 34.3 Å². The molecule has 0 amide bonds. The number of methoxy groups -OCH3 is 1. The smallest absolute Gasteiger partial charge is 0.250 e. The second-order valence-corrected chi connectivity index (χ2v) is 8.51. The number of rotatable bonds is 4. The lowest BCUT2D eigenvalue weighted by Crippen LogP contribution is -2.22. The van der Waals surface area contributed by atoms with Crippen molar-refractivity contribution in [3.63, 3.8) is 0 Å². The van der Waals surface area contributed by atoms with Crippen molar-refractivity contribution in [1.82, 2.24) is 0 Å². The predicted octanol–water partition coefficient (Wildman–Crippen LogP) is 3.20. The Morgan fingerprint density at radius 3 is 2.74 bits per heavy atom. The van der Waals surface area contributed by atoms with E-state index in [2.05, 4.69) is 0 Å². The number of aliphatic hydroxyl groups excluding tert-OH is 1. The van der Waals surface area contributed by atoms with E-state index in [0.717, 1.165) is 0 Å². The number of aromatic hydroxyl groups is 1. The highest BCUT2D eigenvalue weighted by atomic mass is 16.7. The average molecular weight is 426 g/mol. The SMILES string of the molecule is COc1c2c(cc3oc4c([C@H](O)CC(C)(C)O)ccc(O)c4c(=O)c13)O[C@@H]1OC=C[C@@H]21. The van der Waals surface area contributed by atoms with Crippen LogP contribution in [0.5, 0.6) is 17.2 Å². The lowest BCUT2D eigenvalue weighted by molar-refractivity contribution is -0.00482. The molecule has 162 valence electrons. The molecule has 2 aliphatic heterocycles. The third-order valence-electron chi connectivity index (χ3n) is 5.70. The largest absolute Gasteiger partial charge is 0.507 e. The van der Waals surface area contributed by atoms with Crippen molar-refractivity contribution >= 4 is 21.9 Å². The van der Waals surface area contributed by atoms with E-state index in [4.69, 9.17) is 18.6 Å².